The lowest BCUT2D eigenvalue weighted by Gasteiger charge is -2.22. The third kappa shape index (κ3) is 4.54. The summed E-state index contributed by atoms with van der Waals surface area (Å²) < 4.78 is 10.4. The summed E-state index contributed by atoms with van der Waals surface area (Å²) in [5.41, 5.74) is 6.51. The van der Waals surface area contributed by atoms with Gasteiger partial charge in [-0.2, -0.15) is 0 Å². The summed E-state index contributed by atoms with van der Waals surface area (Å²) in [5.74, 6) is 0.718. The van der Waals surface area contributed by atoms with Gasteiger partial charge >= 0.3 is 0 Å². The second-order valence-electron chi connectivity index (χ2n) is 4.23. The molecule has 0 radical (unpaired) electrons. The number of nitrogens with zero attached hydrogens (tertiary/aromatic N) is 1. The molecule has 0 heterocycles. The first-order valence-corrected chi connectivity index (χ1v) is 6.32. The Labute approximate surface area is 114 Å². The van der Waals surface area contributed by atoms with E-state index in [2.05, 4.69) is 0 Å². The summed E-state index contributed by atoms with van der Waals surface area (Å²) in [7, 11) is 3.22. The van der Waals surface area contributed by atoms with Gasteiger partial charge in [-0.3, -0.25) is 4.79 Å². The Morgan fingerprint density at radius 3 is 2.47 bits per heavy atom. The Hall–Kier alpha value is -1.59. The molecule has 0 spiro atoms. The number of carbonyl (C=O) groups is 1. The molecule has 5 heteroatoms. The molecule has 1 rings (SSSR count). The van der Waals surface area contributed by atoms with Crippen molar-refractivity contribution in [2.45, 2.75) is 19.6 Å². The third-order valence-corrected chi connectivity index (χ3v) is 2.80. The van der Waals surface area contributed by atoms with Gasteiger partial charge in [0.15, 0.2) is 0 Å². The molecule has 1 amide bonds. The number of hydrogen-bond donors (Lipinski definition) is 1. The number of amides is 1. The SMILES string of the molecule is CCOc1ccc(CN(C)C(=O)C(CN)OC)cc1. The maximum Gasteiger partial charge on any atom is 0.253 e. The number of ether oxygens (including phenoxy) is 2. The summed E-state index contributed by atoms with van der Waals surface area (Å²) in [6.45, 7) is 3.29. The van der Waals surface area contributed by atoms with Crippen LogP contribution in [0.2, 0.25) is 0 Å². The fraction of sp³-hybridized carbons (Fsp3) is 0.500. The monoisotopic (exact) mass is 266 g/mol. The van der Waals surface area contributed by atoms with Crippen molar-refractivity contribution in [3.05, 3.63) is 29.8 Å². The number of likely N-dealkylation sites (N-methyl/N-ethyl adjacent to an activating group) is 1. The van der Waals surface area contributed by atoms with Gasteiger partial charge in [0, 0.05) is 27.2 Å². The van der Waals surface area contributed by atoms with Crippen LogP contribution >= 0.6 is 0 Å². The molecule has 0 aliphatic carbocycles. The average Bonchev–Trinajstić information content (AvgIpc) is 2.42. The van der Waals surface area contributed by atoms with Crippen molar-refractivity contribution in [2.75, 3.05) is 27.3 Å². The molecule has 0 bridgehead atoms. The van der Waals surface area contributed by atoms with Gasteiger partial charge in [-0.1, -0.05) is 12.1 Å². The molecule has 1 unspecified atom stereocenters. The van der Waals surface area contributed by atoms with Crippen LogP contribution in [0.1, 0.15) is 12.5 Å². The second kappa shape index (κ2) is 7.76. The smallest absolute Gasteiger partial charge is 0.253 e. The zero-order valence-electron chi connectivity index (χ0n) is 11.8. The van der Waals surface area contributed by atoms with Crippen LogP contribution in [0, 0.1) is 0 Å². The van der Waals surface area contributed by atoms with Gasteiger partial charge < -0.3 is 20.1 Å². The fourth-order valence-corrected chi connectivity index (χ4v) is 1.75. The summed E-state index contributed by atoms with van der Waals surface area (Å²) in [5, 5.41) is 0. The maximum absolute atomic E-state index is 12.0. The molecule has 19 heavy (non-hydrogen) atoms. The molecule has 1 atom stereocenters. The highest BCUT2D eigenvalue weighted by Crippen LogP contribution is 2.13. The van der Waals surface area contributed by atoms with Gasteiger partial charge in [0.2, 0.25) is 0 Å². The first-order chi connectivity index (χ1) is 9.12. The molecular formula is C14H22N2O3. The summed E-state index contributed by atoms with van der Waals surface area (Å²) in [6.07, 6.45) is -0.576. The summed E-state index contributed by atoms with van der Waals surface area (Å²) >= 11 is 0. The van der Waals surface area contributed by atoms with Crippen molar-refractivity contribution < 1.29 is 14.3 Å². The molecule has 0 fully saturated rings. The number of nitrogens with two attached hydrogens (primary N) is 1. The van der Waals surface area contributed by atoms with E-state index in [9.17, 15) is 4.79 Å². The standard InChI is InChI=1S/C14H22N2O3/c1-4-19-12-7-5-11(6-8-12)10-16(2)14(17)13(9-15)18-3/h5-8,13H,4,9-10,15H2,1-3H3. The van der Waals surface area contributed by atoms with E-state index >= 15 is 0 Å². The van der Waals surface area contributed by atoms with Crippen LogP contribution in [0.5, 0.6) is 5.75 Å². The van der Waals surface area contributed by atoms with Gasteiger partial charge in [0.05, 0.1) is 6.61 Å². The van der Waals surface area contributed by atoms with E-state index in [1.54, 1.807) is 11.9 Å². The molecule has 1 aromatic rings. The molecule has 106 valence electrons. The molecule has 0 saturated heterocycles. The quantitative estimate of drug-likeness (QED) is 0.800. The second-order valence-corrected chi connectivity index (χ2v) is 4.23. The highest BCUT2D eigenvalue weighted by atomic mass is 16.5. The van der Waals surface area contributed by atoms with E-state index < -0.39 is 6.10 Å². The zero-order valence-corrected chi connectivity index (χ0v) is 11.8. The Morgan fingerprint density at radius 2 is 2.00 bits per heavy atom. The molecule has 0 aliphatic rings. The van der Waals surface area contributed by atoms with Crippen LogP contribution in [-0.2, 0) is 16.1 Å². The number of methoxy groups -OCH3 is 1. The van der Waals surface area contributed by atoms with Gasteiger partial charge in [0.1, 0.15) is 11.9 Å². The predicted molar refractivity (Wildman–Crippen MR) is 73.9 cm³/mol. The van der Waals surface area contributed by atoms with E-state index in [-0.39, 0.29) is 12.5 Å². The van der Waals surface area contributed by atoms with Gasteiger partial charge in [0.25, 0.3) is 5.91 Å². The Bertz CT molecular complexity index is 388. The largest absolute Gasteiger partial charge is 0.494 e. The fourth-order valence-electron chi connectivity index (χ4n) is 1.75. The van der Waals surface area contributed by atoms with Crippen molar-refractivity contribution in [2.24, 2.45) is 5.73 Å². The molecule has 2 N–H and O–H groups in total. The van der Waals surface area contributed by atoms with Gasteiger partial charge in [-0.05, 0) is 24.6 Å². The minimum Gasteiger partial charge on any atom is -0.494 e. The van der Waals surface area contributed by atoms with E-state index in [1.807, 2.05) is 31.2 Å². The Kier molecular flexibility index (Phi) is 6.32. The van der Waals surface area contributed by atoms with Crippen LogP contribution < -0.4 is 10.5 Å². The minimum absolute atomic E-state index is 0.112. The Balaban J connectivity index is 2.60. The van der Waals surface area contributed by atoms with E-state index in [1.165, 1.54) is 7.11 Å². The lowest BCUT2D eigenvalue weighted by atomic mass is 10.2. The molecule has 0 saturated carbocycles. The minimum atomic E-state index is -0.576. The number of benzene rings is 1. The average molecular weight is 266 g/mol. The van der Waals surface area contributed by atoms with Crippen molar-refractivity contribution in [3.63, 3.8) is 0 Å². The van der Waals surface area contributed by atoms with Gasteiger partial charge in [-0.15, -0.1) is 0 Å². The topological polar surface area (TPSA) is 64.8 Å². The predicted octanol–water partition coefficient (Wildman–Crippen LogP) is 1.02. The van der Waals surface area contributed by atoms with Crippen LogP contribution in [0.15, 0.2) is 24.3 Å². The molecule has 0 aliphatic heterocycles. The summed E-state index contributed by atoms with van der Waals surface area (Å²) in [6, 6.07) is 7.68. The summed E-state index contributed by atoms with van der Waals surface area (Å²) in [4.78, 5) is 13.6. The van der Waals surface area contributed by atoms with Crippen LogP contribution in [0.3, 0.4) is 0 Å². The Morgan fingerprint density at radius 1 is 1.37 bits per heavy atom. The van der Waals surface area contributed by atoms with Crippen molar-refractivity contribution >= 4 is 5.91 Å². The van der Waals surface area contributed by atoms with Crippen molar-refractivity contribution in [3.8, 4) is 5.75 Å². The zero-order chi connectivity index (χ0) is 14.3. The first kappa shape index (κ1) is 15.5. The highest BCUT2D eigenvalue weighted by molar-refractivity contribution is 5.80. The number of hydrogen-bond acceptors (Lipinski definition) is 4. The first-order valence-electron chi connectivity index (χ1n) is 6.32. The number of rotatable bonds is 7. The van der Waals surface area contributed by atoms with Crippen molar-refractivity contribution in [1.82, 2.24) is 4.90 Å². The highest BCUT2D eigenvalue weighted by Gasteiger charge is 2.19. The molecule has 0 aromatic heterocycles. The number of carbonyl (C=O) groups excluding carboxylic acids is 1. The normalized spacial score (nSPS) is 12.0. The van der Waals surface area contributed by atoms with E-state index in [0.29, 0.717) is 13.2 Å². The van der Waals surface area contributed by atoms with E-state index in [0.717, 1.165) is 11.3 Å². The van der Waals surface area contributed by atoms with Crippen molar-refractivity contribution in [1.29, 1.82) is 0 Å². The van der Waals surface area contributed by atoms with E-state index in [4.69, 9.17) is 15.2 Å². The third-order valence-electron chi connectivity index (χ3n) is 2.80. The van der Waals surface area contributed by atoms with Crippen LogP contribution in [0.4, 0.5) is 0 Å². The maximum atomic E-state index is 12.0. The molecule has 1 aromatic carbocycles. The van der Waals surface area contributed by atoms with Crippen LogP contribution in [-0.4, -0.2) is 44.2 Å². The lowest BCUT2D eigenvalue weighted by Crippen LogP contribution is -2.41. The lowest BCUT2D eigenvalue weighted by molar-refractivity contribution is -0.140. The molecular weight excluding hydrogens is 244 g/mol. The molecule has 5 nitrogen and oxygen atoms in total. The van der Waals surface area contributed by atoms with Crippen LogP contribution in [0.25, 0.3) is 0 Å². The van der Waals surface area contributed by atoms with Gasteiger partial charge in [-0.25, -0.2) is 0 Å².